The lowest BCUT2D eigenvalue weighted by Gasteiger charge is -2.50. The smallest absolute Gasteiger partial charge is 0.260 e. The summed E-state index contributed by atoms with van der Waals surface area (Å²) < 4.78 is 5.57. The van der Waals surface area contributed by atoms with Crippen LogP contribution in [0.2, 0.25) is 5.02 Å². The average molecular weight is 779 g/mol. The lowest BCUT2D eigenvalue weighted by atomic mass is 9.49. The quantitative estimate of drug-likeness (QED) is 0.106. The van der Waals surface area contributed by atoms with Crippen molar-refractivity contribution in [2.24, 2.45) is 23.7 Å². The van der Waals surface area contributed by atoms with Crippen LogP contribution in [0.1, 0.15) is 35.4 Å². The number of phenols is 1. The third kappa shape index (κ3) is 5.69. The number of rotatable bonds is 8. The molecular weight excluding hydrogens is 740 g/mol. The molecule has 4 aliphatic rings. The van der Waals surface area contributed by atoms with Gasteiger partial charge in [0.2, 0.25) is 11.8 Å². The van der Waals surface area contributed by atoms with Gasteiger partial charge in [0, 0.05) is 17.3 Å². The Morgan fingerprint density at radius 1 is 0.772 bits per heavy atom. The maximum absolute atomic E-state index is 15.4. The summed E-state index contributed by atoms with van der Waals surface area (Å²) in [6.45, 7) is 1.95. The Bertz CT molecular complexity index is 2460. The van der Waals surface area contributed by atoms with Crippen LogP contribution in [0.3, 0.4) is 0 Å². The minimum Gasteiger partial charge on any atom is -0.503 e. The van der Waals surface area contributed by atoms with Crippen LogP contribution in [0.5, 0.6) is 11.5 Å². The van der Waals surface area contributed by atoms with E-state index in [1.54, 1.807) is 24.3 Å². The third-order valence-corrected chi connectivity index (χ3v) is 12.5. The van der Waals surface area contributed by atoms with Gasteiger partial charge < -0.3 is 15.2 Å². The number of hydrogen-bond donors (Lipinski definition) is 3. The Morgan fingerprint density at radius 3 is 2.11 bits per heavy atom. The number of aryl methyl sites for hydroxylation is 1. The number of allylic oxidation sites excluding steroid dienone is 2. The molecule has 57 heavy (non-hydrogen) atoms. The van der Waals surface area contributed by atoms with Gasteiger partial charge in [-0.25, -0.2) is 0 Å². The van der Waals surface area contributed by atoms with Gasteiger partial charge in [0.05, 0.1) is 46.7 Å². The predicted molar refractivity (Wildman–Crippen MR) is 217 cm³/mol. The number of nitrogens with one attached hydrogen (secondary N) is 2. The van der Waals surface area contributed by atoms with E-state index in [1.807, 2.05) is 110 Å². The topological polar surface area (TPSA) is 128 Å². The number of para-hydroxylation sites is 1. The Hall–Kier alpha value is -6.39. The molecule has 5 aromatic rings. The van der Waals surface area contributed by atoms with E-state index in [9.17, 15) is 19.5 Å². The van der Waals surface area contributed by atoms with Gasteiger partial charge in [-0.15, -0.1) is 0 Å². The van der Waals surface area contributed by atoms with Crippen molar-refractivity contribution in [1.82, 2.24) is 5.01 Å². The number of carbonyl (C=O) groups excluding carboxylic acids is 4. The number of methoxy groups -OCH3 is 1. The molecule has 3 N–H and O–H groups in total. The number of ether oxygens (including phenoxy) is 1. The number of hydrazine groups is 1. The van der Waals surface area contributed by atoms with Crippen LogP contribution in [0.4, 0.5) is 22.7 Å². The average Bonchev–Trinajstić information content (AvgIpc) is 3.61. The maximum atomic E-state index is 15.4. The molecule has 2 aliphatic carbocycles. The zero-order valence-corrected chi connectivity index (χ0v) is 31.9. The van der Waals surface area contributed by atoms with Crippen LogP contribution < -0.4 is 20.4 Å². The summed E-state index contributed by atoms with van der Waals surface area (Å²) in [7, 11) is 1.41. The normalized spacial score (nSPS) is 25.1. The summed E-state index contributed by atoms with van der Waals surface area (Å²) in [6.07, 6.45) is 2.39. The summed E-state index contributed by atoms with van der Waals surface area (Å²) in [5.41, 5.74) is 7.28. The highest BCUT2D eigenvalue weighted by molar-refractivity contribution is 6.32. The number of hydrogen-bond acceptors (Lipinski definition) is 8. The second-order valence-corrected chi connectivity index (χ2v) is 15.6. The lowest BCUT2D eigenvalue weighted by Crippen LogP contribution is -2.53. The van der Waals surface area contributed by atoms with E-state index in [0.29, 0.717) is 22.5 Å². The van der Waals surface area contributed by atoms with E-state index in [0.717, 1.165) is 27.5 Å². The minimum absolute atomic E-state index is 0.00965. The molecule has 0 radical (unpaired) electrons. The molecule has 2 aliphatic heterocycles. The Balaban J connectivity index is 1.17. The van der Waals surface area contributed by atoms with Crippen LogP contribution >= 0.6 is 11.6 Å². The number of fused-ring (bicyclic) bond motifs is 4. The molecule has 0 spiro atoms. The number of benzene rings is 5. The van der Waals surface area contributed by atoms with Gasteiger partial charge in [0.25, 0.3) is 11.8 Å². The Kier molecular flexibility index (Phi) is 8.89. The zero-order valence-electron chi connectivity index (χ0n) is 31.2. The molecule has 6 unspecified atom stereocenters. The number of nitrogens with zero attached hydrogens (tertiary/aromatic N) is 2. The van der Waals surface area contributed by atoms with E-state index in [2.05, 4.69) is 10.7 Å². The summed E-state index contributed by atoms with van der Waals surface area (Å²) in [5, 5.41) is 15.3. The van der Waals surface area contributed by atoms with Gasteiger partial charge in [-0.2, -0.15) is 5.01 Å². The first-order valence-electron chi connectivity index (χ1n) is 18.9. The van der Waals surface area contributed by atoms with Gasteiger partial charge in [-0.05, 0) is 97.5 Å². The van der Waals surface area contributed by atoms with Crippen molar-refractivity contribution >= 4 is 58.0 Å². The van der Waals surface area contributed by atoms with Crippen LogP contribution in [-0.4, -0.2) is 40.9 Å². The van der Waals surface area contributed by atoms with Crippen molar-refractivity contribution < 1.29 is 29.0 Å². The predicted octanol–water partition coefficient (Wildman–Crippen LogP) is 8.30. The summed E-state index contributed by atoms with van der Waals surface area (Å²) in [6, 6.07) is 36.8. The van der Waals surface area contributed by atoms with E-state index in [1.165, 1.54) is 12.0 Å². The van der Waals surface area contributed by atoms with Gasteiger partial charge >= 0.3 is 0 Å². The molecule has 10 nitrogen and oxygen atoms in total. The number of anilines is 4. The molecule has 11 heteroatoms. The fourth-order valence-corrected chi connectivity index (χ4v) is 9.89. The molecule has 0 bridgehead atoms. The van der Waals surface area contributed by atoms with E-state index >= 15 is 4.79 Å². The summed E-state index contributed by atoms with van der Waals surface area (Å²) in [4.78, 5) is 60.7. The van der Waals surface area contributed by atoms with Crippen LogP contribution in [0.15, 0.2) is 133 Å². The molecule has 6 atom stereocenters. The standard InChI is InChI=1S/C46H39ClN4O6/c1-26-13-15-31(16-14-26)49-51-43(54)36-25-35-33(40(27-23-37(47)41(52)38(24-27)57-2)46(36,45(51)56)28-9-5-3-6-10-28)21-22-34-39(35)44(55)50(42(34)53)32-19-17-30(18-20-32)48-29-11-7-4-8-12-29/h3-21,23-24,34-36,39-40,48-49,52H,22,25H2,1-2H3. The zero-order chi connectivity index (χ0) is 39.6. The van der Waals surface area contributed by atoms with Crippen LogP contribution in [0.25, 0.3) is 0 Å². The minimum atomic E-state index is -1.50. The second kappa shape index (κ2) is 14.0. The number of halogens is 1. The largest absolute Gasteiger partial charge is 0.503 e. The van der Waals surface area contributed by atoms with Crippen molar-refractivity contribution in [3.8, 4) is 11.5 Å². The molecule has 9 rings (SSSR count). The molecule has 2 heterocycles. The highest BCUT2D eigenvalue weighted by Gasteiger charge is 2.70. The molecule has 0 aromatic heterocycles. The van der Waals surface area contributed by atoms with E-state index < -0.39 is 46.8 Å². The van der Waals surface area contributed by atoms with Crippen molar-refractivity contribution in [3.05, 3.63) is 155 Å². The van der Waals surface area contributed by atoms with Gasteiger partial charge in [0.15, 0.2) is 11.5 Å². The van der Waals surface area contributed by atoms with Gasteiger partial charge in [-0.1, -0.05) is 89.5 Å². The van der Waals surface area contributed by atoms with E-state index in [-0.39, 0.29) is 41.2 Å². The highest BCUT2D eigenvalue weighted by Crippen LogP contribution is 2.64. The number of imide groups is 2. The Labute approximate surface area is 334 Å². The second-order valence-electron chi connectivity index (χ2n) is 15.2. The first-order chi connectivity index (χ1) is 27.6. The van der Waals surface area contributed by atoms with Gasteiger partial charge in [-0.3, -0.25) is 29.5 Å². The SMILES string of the molecule is COc1cc(C2C3=CCC4C(=O)N(c5ccc(Nc6ccccc6)cc5)C(=O)C4C3CC3C(=O)N(Nc4ccc(C)cc4)C(=O)C32c2ccccc2)cc(Cl)c1O. The molecule has 3 fully saturated rings. The maximum Gasteiger partial charge on any atom is 0.260 e. The van der Waals surface area contributed by atoms with Crippen molar-refractivity contribution in [2.75, 3.05) is 22.8 Å². The van der Waals surface area contributed by atoms with Crippen LogP contribution in [-0.2, 0) is 24.6 Å². The first-order valence-corrected chi connectivity index (χ1v) is 19.3. The molecular formula is C46H39ClN4O6. The highest BCUT2D eigenvalue weighted by atomic mass is 35.5. The van der Waals surface area contributed by atoms with Crippen molar-refractivity contribution in [1.29, 1.82) is 0 Å². The molecule has 286 valence electrons. The number of carbonyl (C=O) groups is 4. The molecule has 4 amide bonds. The summed E-state index contributed by atoms with van der Waals surface area (Å²) >= 11 is 6.68. The number of amides is 4. The molecule has 5 aromatic carbocycles. The summed E-state index contributed by atoms with van der Waals surface area (Å²) in [5.74, 6) is -5.51. The Morgan fingerprint density at radius 2 is 1.42 bits per heavy atom. The fraction of sp³-hybridized carbons (Fsp3) is 0.217. The van der Waals surface area contributed by atoms with E-state index in [4.69, 9.17) is 16.3 Å². The fourth-order valence-electron chi connectivity index (χ4n) is 9.67. The molecule has 1 saturated carbocycles. The molecule has 2 saturated heterocycles. The third-order valence-electron chi connectivity index (χ3n) is 12.2. The number of phenolic OH excluding ortho intramolecular Hbond substituents is 1. The van der Waals surface area contributed by atoms with Crippen LogP contribution in [0, 0.1) is 30.6 Å². The monoisotopic (exact) mass is 778 g/mol. The van der Waals surface area contributed by atoms with Crippen molar-refractivity contribution in [3.63, 3.8) is 0 Å². The van der Waals surface area contributed by atoms with Crippen molar-refractivity contribution in [2.45, 2.75) is 31.1 Å². The lowest BCUT2D eigenvalue weighted by molar-refractivity contribution is -0.138. The first kappa shape index (κ1) is 36.3. The number of aromatic hydroxyl groups is 1. The van der Waals surface area contributed by atoms with Gasteiger partial charge in [0.1, 0.15) is 0 Å².